The zero-order valence-corrected chi connectivity index (χ0v) is 14.9. The largest absolute Gasteiger partial charge is 0.454 e. The van der Waals surface area contributed by atoms with Crippen LogP contribution in [-0.4, -0.2) is 16.3 Å². The molecule has 0 fully saturated rings. The highest BCUT2D eigenvalue weighted by Gasteiger charge is 2.13. The number of hydrogen-bond acceptors (Lipinski definition) is 4. The molecule has 0 aliphatic carbocycles. The molecule has 0 saturated carbocycles. The van der Waals surface area contributed by atoms with E-state index in [1.54, 1.807) is 10.6 Å². The zero-order chi connectivity index (χ0) is 18.9. The lowest BCUT2D eigenvalue weighted by Crippen LogP contribution is -2.22. The highest BCUT2D eigenvalue weighted by atomic mass is 16.7. The predicted molar refractivity (Wildman–Crippen MR) is 109 cm³/mol. The van der Waals surface area contributed by atoms with Crippen LogP contribution in [-0.2, 0) is 0 Å². The van der Waals surface area contributed by atoms with Crippen molar-refractivity contribution in [2.24, 2.45) is 0 Å². The summed E-state index contributed by atoms with van der Waals surface area (Å²) in [6.45, 7) is 0.238. The van der Waals surface area contributed by atoms with Gasteiger partial charge in [-0.15, -0.1) is 0 Å². The van der Waals surface area contributed by atoms with Crippen LogP contribution in [0, 0.1) is 0 Å². The molecule has 1 aliphatic rings. The summed E-state index contributed by atoms with van der Waals surface area (Å²) < 4.78 is 12.4. The molecule has 1 aliphatic heterocycles. The number of ether oxygens (including phenoxy) is 2. The topological polar surface area (TPSA) is 53.4 Å². The highest BCUT2D eigenvalue weighted by molar-refractivity contribution is 5.80. The minimum Gasteiger partial charge on any atom is -0.454 e. The zero-order valence-electron chi connectivity index (χ0n) is 14.9. The highest BCUT2D eigenvalue weighted by Crippen LogP contribution is 2.33. The summed E-state index contributed by atoms with van der Waals surface area (Å²) in [6.07, 6.45) is 3.76. The molecule has 5 nitrogen and oxygen atoms in total. The summed E-state index contributed by atoms with van der Waals surface area (Å²) >= 11 is 0. The fourth-order valence-electron chi connectivity index (χ4n) is 3.28. The number of nitrogens with zero attached hydrogens (tertiary/aromatic N) is 2. The van der Waals surface area contributed by atoms with E-state index < -0.39 is 0 Å². The first-order chi connectivity index (χ1) is 13.8. The maximum Gasteiger partial charge on any atom is 0.266 e. The van der Waals surface area contributed by atoms with Crippen LogP contribution in [0.5, 0.6) is 11.5 Å². The van der Waals surface area contributed by atoms with Crippen LogP contribution in [0.2, 0.25) is 0 Å². The van der Waals surface area contributed by atoms with Crippen molar-refractivity contribution >= 4 is 23.1 Å². The van der Waals surface area contributed by atoms with Crippen LogP contribution >= 0.6 is 0 Å². The summed E-state index contributed by atoms with van der Waals surface area (Å²) in [4.78, 5) is 17.9. The molecule has 136 valence electrons. The van der Waals surface area contributed by atoms with Crippen LogP contribution in [0.25, 0.3) is 28.7 Å². The van der Waals surface area contributed by atoms with Gasteiger partial charge < -0.3 is 9.47 Å². The molecular weight excluding hydrogens is 352 g/mol. The third-order valence-corrected chi connectivity index (χ3v) is 4.64. The predicted octanol–water partition coefficient (Wildman–Crippen LogP) is 4.28. The van der Waals surface area contributed by atoms with Gasteiger partial charge in [-0.3, -0.25) is 9.36 Å². The molecule has 0 radical (unpaired) electrons. The first-order valence-corrected chi connectivity index (χ1v) is 8.94. The lowest BCUT2D eigenvalue weighted by molar-refractivity contribution is 0.174. The molecule has 1 aromatic heterocycles. The molecule has 28 heavy (non-hydrogen) atoms. The fraction of sp³-hybridized carbons (Fsp3) is 0.0435. The first kappa shape index (κ1) is 16.3. The summed E-state index contributed by atoms with van der Waals surface area (Å²) in [5, 5.41) is 0.589. The van der Waals surface area contributed by atoms with E-state index in [-0.39, 0.29) is 12.4 Å². The maximum absolute atomic E-state index is 13.2. The molecule has 0 unspecified atom stereocenters. The Morgan fingerprint density at radius 1 is 0.857 bits per heavy atom. The van der Waals surface area contributed by atoms with Crippen LogP contribution in [0.4, 0.5) is 0 Å². The SMILES string of the molecule is O=c1c2ccccc2nc(C=Cc2ccc3c(c2)OCO3)n1-c1ccccc1. The van der Waals surface area contributed by atoms with Crippen molar-refractivity contribution in [3.05, 3.63) is 94.5 Å². The molecule has 2 heterocycles. The van der Waals surface area contributed by atoms with E-state index in [1.807, 2.05) is 78.9 Å². The van der Waals surface area contributed by atoms with Gasteiger partial charge in [0.2, 0.25) is 6.79 Å². The smallest absolute Gasteiger partial charge is 0.266 e. The Labute approximate surface area is 161 Å². The quantitative estimate of drug-likeness (QED) is 0.541. The minimum absolute atomic E-state index is 0.0952. The second kappa shape index (κ2) is 6.70. The summed E-state index contributed by atoms with van der Waals surface area (Å²) in [5.41, 5.74) is 2.29. The molecule has 0 saturated heterocycles. The Balaban J connectivity index is 1.66. The van der Waals surface area contributed by atoms with Crippen LogP contribution in [0.15, 0.2) is 77.6 Å². The lowest BCUT2D eigenvalue weighted by Gasteiger charge is -2.11. The number of benzene rings is 3. The van der Waals surface area contributed by atoms with E-state index in [0.29, 0.717) is 22.5 Å². The third-order valence-electron chi connectivity index (χ3n) is 4.64. The van der Waals surface area contributed by atoms with Gasteiger partial charge >= 0.3 is 0 Å². The molecule has 5 heteroatoms. The maximum atomic E-state index is 13.2. The number of aromatic nitrogens is 2. The fourth-order valence-corrected chi connectivity index (χ4v) is 3.28. The van der Waals surface area contributed by atoms with Gasteiger partial charge in [0.1, 0.15) is 5.82 Å². The van der Waals surface area contributed by atoms with Crippen molar-refractivity contribution in [3.8, 4) is 17.2 Å². The summed E-state index contributed by atoms with van der Waals surface area (Å²) in [7, 11) is 0. The van der Waals surface area contributed by atoms with Gasteiger partial charge in [-0.1, -0.05) is 42.5 Å². The number of para-hydroxylation sites is 2. The van der Waals surface area contributed by atoms with Crippen LogP contribution < -0.4 is 15.0 Å². The second-order valence-corrected chi connectivity index (χ2v) is 6.41. The van der Waals surface area contributed by atoms with Gasteiger partial charge in [0.25, 0.3) is 5.56 Å². The number of fused-ring (bicyclic) bond motifs is 2. The molecule has 0 atom stereocenters. The van der Waals surface area contributed by atoms with Gasteiger partial charge in [0.15, 0.2) is 11.5 Å². The van der Waals surface area contributed by atoms with Gasteiger partial charge in [0.05, 0.1) is 16.6 Å². The summed E-state index contributed by atoms with van der Waals surface area (Å²) in [5.74, 6) is 2.02. The van der Waals surface area contributed by atoms with E-state index in [4.69, 9.17) is 14.5 Å². The molecule has 0 N–H and O–H groups in total. The van der Waals surface area contributed by atoms with E-state index in [1.165, 1.54) is 0 Å². The monoisotopic (exact) mass is 368 g/mol. The lowest BCUT2D eigenvalue weighted by atomic mass is 10.1. The second-order valence-electron chi connectivity index (χ2n) is 6.41. The van der Waals surface area contributed by atoms with E-state index in [0.717, 1.165) is 17.0 Å². The van der Waals surface area contributed by atoms with Crippen molar-refractivity contribution < 1.29 is 9.47 Å². The Hall–Kier alpha value is -3.86. The van der Waals surface area contributed by atoms with Gasteiger partial charge in [-0.25, -0.2) is 4.98 Å². The molecule has 0 spiro atoms. The minimum atomic E-state index is -0.0952. The van der Waals surface area contributed by atoms with Crippen molar-refractivity contribution in [2.45, 2.75) is 0 Å². The van der Waals surface area contributed by atoms with E-state index in [2.05, 4.69) is 0 Å². The Morgan fingerprint density at radius 3 is 2.54 bits per heavy atom. The van der Waals surface area contributed by atoms with E-state index in [9.17, 15) is 4.79 Å². The van der Waals surface area contributed by atoms with Crippen molar-refractivity contribution in [1.82, 2.24) is 9.55 Å². The molecule has 4 aromatic rings. The third kappa shape index (κ3) is 2.83. The van der Waals surface area contributed by atoms with Crippen molar-refractivity contribution in [3.63, 3.8) is 0 Å². The Bertz CT molecular complexity index is 1260. The molecule has 0 bridgehead atoms. The molecule has 0 amide bonds. The Kier molecular flexibility index (Phi) is 3.91. The van der Waals surface area contributed by atoms with Crippen LogP contribution in [0.1, 0.15) is 11.4 Å². The molecule has 5 rings (SSSR count). The molecular formula is C23H16N2O3. The van der Waals surface area contributed by atoms with Gasteiger partial charge in [-0.2, -0.15) is 0 Å². The summed E-state index contributed by atoms with van der Waals surface area (Å²) in [6, 6.07) is 22.6. The van der Waals surface area contributed by atoms with Crippen LogP contribution in [0.3, 0.4) is 0 Å². The van der Waals surface area contributed by atoms with Crippen molar-refractivity contribution in [1.29, 1.82) is 0 Å². The first-order valence-electron chi connectivity index (χ1n) is 8.94. The van der Waals surface area contributed by atoms with Crippen molar-refractivity contribution in [2.75, 3.05) is 6.79 Å². The average molecular weight is 368 g/mol. The van der Waals surface area contributed by atoms with E-state index >= 15 is 0 Å². The average Bonchev–Trinajstić information content (AvgIpc) is 3.21. The molecule has 3 aromatic carbocycles. The standard InChI is InChI=1S/C23H16N2O3/c26-23-18-8-4-5-9-19(18)24-22(25(23)17-6-2-1-3-7-17)13-11-16-10-12-20-21(14-16)28-15-27-20/h1-14H,15H2. The number of rotatable bonds is 3. The van der Waals surface area contributed by atoms with Gasteiger partial charge in [-0.05, 0) is 48.0 Å². The number of hydrogen-bond donors (Lipinski definition) is 0. The van der Waals surface area contributed by atoms with Gasteiger partial charge in [0, 0.05) is 0 Å². The normalized spacial score (nSPS) is 12.7. The Morgan fingerprint density at radius 2 is 1.64 bits per heavy atom.